The van der Waals surface area contributed by atoms with Crippen molar-refractivity contribution in [2.75, 3.05) is 5.75 Å². The van der Waals surface area contributed by atoms with Crippen molar-refractivity contribution in [1.29, 1.82) is 0 Å². The number of rotatable bonds is 7. The van der Waals surface area contributed by atoms with E-state index < -0.39 is 17.9 Å². The van der Waals surface area contributed by atoms with Crippen molar-refractivity contribution >= 4 is 23.6 Å². The predicted octanol–water partition coefficient (Wildman–Crippen LogP) is 2.20. The first-order chi connectivity index (χ1) is 10.7. The minimum absolute atomic E-state index is 0.302. The van der Waals surface area contributed by atoms with Gasteiger partial charge in [-0.25, -0.2) is 4.79 Å². The number of hydrogen-bond acceptors (Lipinski definition) is 4. The van der Waals surface area contributed by atoms with Gasteiger partial charge in [-0.1, -0.05) is 30.3 Å². The van der Waals surface area contributed by atoms with Gasteiger partial charge in [0, 0.05) is 23.9 Å². The SMILES string of the molecule is O=C(NC(CSCc1ccccc1)C(=O)O)c1cccnc1. The van der Waals surface area contributed by atoms with Gasteiger partial charge in [-0.05, 0) is 17.7 Å². The van der Waals surface area contributed by atoms with Crippen LogP contribution in [0.2, 0.25) is 0 Å². The minimum Gasteiger partial charge on any atom is -0.480 e. The van der Waals surface area contributed by atoms with E-state index in [-0.39, 0.29) is 0 Å². The van der Waals surface area contributed by atoms with Gasteiger partial charge in [-0.3, -0.25) is 9.78 Å². The number of aromatic nitrogens is 1. The van der Waals surface area contributed by atoms with E-state index in [4.69, 9.17) is 0 Å². The second-order valence-corrected chi connectivity index (χ2v) is 5.64. The summed E-state index contributed by atoms with van der Waals surface area (Å²) in [5, 5.41) is 11.7. The molecule has 0 saturated carbocycles. The highest BCUT2D eigenvalue weighted by Gasteiger charge is 2.20. The fraction of sp³-hybridized carbons (Fsp3) is 0.188. The summed E-state index contributed by atoms with van der Waals surface area (Å²) < 4.78 is 0. The summed E-state index contributed by atoms with van der Waals surface area (Å²) >= 11 is 1.47. The molecule has 2 rings (SSSR count). The number of amides is 1. The average Bonchev–Trinajstić information content (AvgIpc) is 2.55. The van der Waals surface area contributed by atoms with E-state index in [0.717, 1.165) is 5.56 Å². The number of carboxylic acids is 1. The van der Waals surface area contributed by atoms with Crippen LogP contribution < -0.4 is 5.32 Å². The Bertz CT molecular complexity index is 620. The molecule has 0 aliphatic rings. The lowest BCUT2D eigenvalue weighted by molar-refractivity contribution is -0.138. The van der Waals surface area contributed by atoms with Crippen molar-refractivity contribution in [3.63, 3.8) is 0 Å². The maximum absolute atomic E-state index is 12.0. The van der Waals surface area contributed by atoms with Crippen LogP contribution in [0, 0.1) is 0 Å². The van der Waals surface area contributed by atoms with E-state index in [9.17, 15) is 14.7 Å². The van der Waals surface area contributed by atoms with Crippen molar-refractivity contribution < 1.29 is 14.7 Å². The first-order valence-electron chi connectivity index (χ1n) is 6.72. The molecule has 0 aliphatic heterocycles. The number of thioether (sulfide) groups is 1. The third-order valence-electron chi connectivity index (χ3n) is 2.92. The number of nitrogens with zero attached hydrogens (tertiary/aromatic N) is 1. The molecule has 0 fully saturated rings. The maximum atomic E-state index is 12.0. The fourth-order valence-corrected chi connectivity index (χ4v) is 2.79. The average molecular weight is 316 g/mol. The number of benzene rings is 1. The first-order valence-corrected chi connectivity index (χ1v) is 7.87. The lowest BCUT2D eigenvalue weighted by Crippen LogP contribution is -2.42. The number of hydrogen-bond donors (Lipinski definition) is 2. The van der Waals surface area contributed by atoms with Crippen LogP contribution in [0.5, 0.6) is 0 Å². The van der Waals surface area contributed by atoms with Crippen molar-refractivity contribution in [2.45, 2.75) is 11.8 Å². The predicted molar refractivity (Wildman–Crippen MR) is 85.7 cm³/mol. The second kappa shape index (κ2) is 8.19. The highest BCUT2D eigenvalue weighted by atomic mass is 32.2. The minimum atomic E-state index is -1.04. The number of aliphatic carboxylic acids is 1. The normalized spacial score (nSPS) is 11.6. The maximum Gasteiger partial charge on any atom is 0.327 e. The lowest BCUT2D eigenvalue weighted by atomic mass is 10.2. The van der Waals surface area contributed by atoms with Gasteiger partial charge in [0.15, 0.2) is 0 Å². The van der Waals surface area contributed by atoms with Crippen LogP contribution in [-0.4, -0.2) is 33.8 Å². The van der Waals surface area contributed by atoms with Gasteiger partial charge >= 0.3 is 5.97 Å². The summed E-state index contributed by atoms with van der Waals surface area (Å²) in [6.07, 6.45) is 2.96. The Labute approximate surface area is 132 Å². The van der Waals surface area contributed by atoms with E-state index in [1.54, 1.807) is 18.3 Å². The molecule has 22 heavy (non-hydrogen) atoms. The molecule has 6 heteroatoms. The van der Waals surface area contributed by atoms with Crippen LogP contribution in [0.15, 0.2) is 54.9 Å². The summed E-state index contributed by atoms with van der Waals surface area (Å²) in [6, 6.07) is 12.1. The number of carbonyl (C=O) groups is 2. The highest BCUT2D eigenvalue weighted by Crippen LogP contribution is 2.13. The van der Waals surface area contributed by atoms with Crippen LogP contribution in [0.1, 0.15) is 15.9 Å². The number of nitrogens with one attached hydrogen (secondary N) is 1. The summed E-state index contributed by atoms with van der Waals surface area (Å²) in [4.78, 5) is 27.1. The Morgan fingerprint density at radius 2 is 1.95 bits per heavy atom. The molecule has 1 atom stereocenters. The van der Waals surface area contributed by atoms with Gasteiger partial charge in [-0.2, -0.15) is 11.8 Å². The standard InChI is InChI=1S/C16H16N2O3S/c19-15(13-7-4-8-17-9-13)18-14(16(20)21)11-22-10-12-5-2-1-3-6-12/h1-9,14H,10-11H2,(H,18,19)(H,20,21). The molecule has 1 amide bonds. The quantitative estimate of drug-likeness (QED) is 0.818. The molecule has 5 nitrogen and oxygen atoms in total. The molecule has 0 saturated heterocycles. The Morgan fingerprint density at radius 1 is 1.18 bits per heavy atom. The number of carbonyl (C=O) groups excluding carboxylic acids is 1. The molecule has 1 aromatic heterocycles. The van der Waals surface area contributed by atoms with Crippen molar-refractivity contribution in [2.24, 2.45) is 0 Å². The fourth-order valence-electron chi connectivity index (χ4n) is 1.78. The second-order valence-electron chi connectivity index (χ2n) is 4.61. The van der Waals surface area contributed by atoms with Gasteiger partial charge in [0.1, 0.15) is 6.04 Å². The van der Waals surface area contributed by atoms with E-state index in [1.165, 1.54) is 18.0 Å². The molecule has 114 valence electrons. The Balaban J connectivity index is 1.87. The molecule has 0 bridgehead atoms. The van der Waals surface area contributed by atoms with Gasteiger partial charge in [0.05, 0.1) is 5.56 Å². The summed E-state index contributed by atoms with van der Waals surface area (Å²) in [5.74, 6) is -0.470. The summed E-state index contributed by atoms with van der Waals surface area (Å²) in [5.41, 5.74) is 1.47. The van der Waals surface area contributed by atoms with Gasteiger partial charge in [0.2, 0.25) is 0 Å². The zero-order valence-corrected chi connectivity index (χ0v) is 12.6. The molecule has 2 N–H and O–H groups in total. The Hall–Kier alpha value is -2.34. The van der Waals surface area contributed by atoms with E-state index in [2.05, 4.69) is 10.3 Å². The third kappa shape index (κ3) is 4.89. The van der Waals surface area contributed by atoms with Crippen LogP contribution in [0.25, 0.3) is 0 Å². The van der Waals surface area contributed by atoms with Crippen LogP contribution in [0.3, 0.4) is 0 Å². The first kappa shape index (κ1) is 16.0. The van der Waals surface area contributed by atoms with E-state index >= 15 is 0 Å². The molecule has 0 radical (unpaired) electrons. The Kier molecular flexibility index (Phi) is 5.97. The highest BCUT2D eigenvalue weighted by molar-refractivity contribution is 7.98. The van der Waals surface area contributed by atoms with Gasteiger partial charge in [-0.15, -0.1) is 0 Å². The summed E-state index contributed by atoms with van der Waals surface area (Å²) in [6.45, 7) is 0. The van der Waals surface area contributed by atoms with Gasteiger partial charge < -0.3 is 10.4 Å². The monoisotopic (exact) mass is 316 g/mol. The number of pyridine rings is 1. The van der Waals surface area contributed by atoms with Gasteiger partial charge in [0.25, 0.3) is 5.91 Å². The molecule has 0 aliphatic carbocycles. The largest absolute Gasteiger partial charge is 0.480 e. The van der Waals surface area contributed by atoms with Crippen molar-refractivity contribution in [1.82, 2.24) is 10.3 Å². The van der Waals surface area contributed by atoms with E-state index in [1.807, 2.05) is 30.3 Å². The topological polar surface area (TPSA) is 79.3 Å². The molecular weight excluding hydrogens is 300 g/mol. The van der Waals surface area contributed by atoms with Crippen LogP contribution in [-0.2, 0) is 10.5 Å². The zero-order valence-electron chi connectivity index (χ0n) is 11.8. The molecule has 1 unspecified atom stereocenters. The molecule has 2 aromatic rings. The number of carboxylic acid groups (broad SMARTS) is 1. The summed E-state index contributed by atoms with van der Waals surface area (Å²) in [7, 11) is 0. The van der Waals surface area contributed by atoms with Crippen molar-refractivity contribution in [3.05, 3.63) is 66.0 Å². The van der Waals surface area contributed by atoms with Crippen LogP contribution >= 0.6 is 11.8 Å². The molecule has 0 spiro atoms. The smallest absolute Gasteiger partial charge is 0.327 e. The molecule has 1 heterocycles. The molecule has 1 aromatic carbocycles. The van der Waals surface area contributed by atoms with E-state index in [0.29, 0.717) is 17.1 Å². The van der Waals surface area contributed by atoms with Crippen molar-refractivity contribution in [3.8, 4) is 0 Å². The molecular formula is C16H16N2O3S. The Morgan fingerprint density at radius 3 is 2.59 bits per heavy atom. The lowest BCUT2D eigenvalue weighted by Gasteiger charge is -2.14. The third-order valence-corrected chi connectivity index (χ3v) is 4.03. The zero-order chi connectivity index (χ0) is 15.8. The van der Waals surface area contributed by atoms with Crippen LogP contribution in [0.4, 0.5) is 0 Å².